The van der Waals surface area contributed by atoms with Gasteiger partial charge in [0.1, 0.15) is 17.7 Å². The highest BCUT2D eigenvalue weighted by molar-refractivity contribution is 6.31. The molecule has 0 bridgehead atoms. The second-order valence-corrected chi connectivity index (χ2v) is 7.53. The van der Waals surface area contributed by atoms with Crippen molar-refractivity contribution in [2.45, 2.75) is 25.6 Å². The van der Waals surface area contributed by atoms with E-state index < -0.39 is 17.9 Å². The van der Waals surface area contributed by atoms with Crippen LogP contribution in [-0.2, 0) is 29.7 Å². The molecule has 0 spiro atoms. The summed E-state index contributed by atoms with van der Waals surface area (Å²) in [5.41, 5.74) is 1.80. The normalized spacial score (nSPS) is 15.0. The highest BCUT2D eigenvalue weighted by Gasteiger charge is 2.33. The Bertz CT molecular complexity index is 1110. The Morgan fingerprint density at radius 2 is 2.07 bits per heavy atom. The van der Waals surface area contributed by atoms with E-state index in [-0.39, 0.29) is 30.4 Å². The maximum atomic E-state index is 13.4. The molecule has 1 aliphatic heterocycles. The molecule has 0 saturated carbocycles. The molecule has 0 N–H and O–H groups in total. The van der Waals surface area contributed by atoms with E-state index in [0.717, 1.165) is 0 Å². The average molecular weight is 428 g/mol. The molecule has 1 aliphatic rings. The molecular weight excluding hydrogens is 409 g/mol. The van der Waals surface area contributed by atoms with Crippen molar-refractivity contribution in [3.63, 3.8) is 0 Å². The number of fused-ring (bicyclic) bond motifs is 1. The van der Waals surface area contributed by atoms with Crippen LogP contribution >= 0.6 is 11.6 Å². The van der Waals surface area contributed by atoms with Crippen LogP contribution in [-0.4, -0.2) is 26.3 Å². The van der Waals surface area contributed by atoms with Gasteiger partial charge in [0.05, 0.1) is 18.5 Å². The number of amides is 1. The first kappa shape index (κ1) is 20.1. The molecule has 30 heavy (non-hydrogen) atoms. The van der Waals surface area contributed by atoms with Crippen LogP contribution in [0.15, 0.2) is 54.9 Å². The van der Waals surface area contributed by atoms with Crippen LogP contribution < -0.4 is 0 Å². The van der Waals surface area contributed by atoms with E-state index in [9.17, 15) is 14.0 Å². The lowest BCUT2D eigenvalue weighted by atomic mass is 10.0. The molecule has 0 aliphatic carbocycles. The third-order valence-corrected chi connectivity index (χ3v) is 5.47. The number of nitrogens with zero attached hydrogens (tertiary/aromatic N) is 3. The van der Waals surface area contributed by atoms with E-state index in [1.54, 1.807) is 41.6 Å². The van der Waals surface area contributed by atoms with Crippen molar-refractivity contribution in [3.8, 4) is 0 Å². The first-order valence-corrected chi connectivity index (χ1v) is 9.78. The van der Waals surface area contributed by atoms with Gasteiger partial charge in [-0.1, -0.05) is 35.9 Å². The van der Waals surface area contributed by atoms with Gasteiger partial charge in [0, 0.05) is 36.6 Å². The van der Waals surface area contributed by atoms with Gasteiger partial charge in [-0.2, -0.15) is 0 Å². The number of carbonyl (C=O) groups excluding carboxylic acids is 2. The molecule has 154 valence electrons. The van der Waals surface area contributed by atoms with Gasteiger partial charge >= 0.3 is 5.97 Å². The van der Waals surface area contributed by atoms with Crippen LogP contribution in [0.25, 0.3) is 0 Å². The standard InChI is InChI=1S/C22H19ClFN3O3/c1-26-9-8-25-20(26)13-27(12-14-6-7-15(24)10-18(14)23)21(28)11-19-16-4-2-3-5-17(16)22(29)30-19/h2-10,19H,11-13H2,1H3. The Kier molecular flexibility index (Phi) is 5.55. The Hall–Kier alpha value is -3.19. The molecule has 6 nitrogen and oxygen atoms in total. The predicted octanol–water partition coefficient (Wildman–Crippen LogP) is 4.04. The van der Waals surface area contributed by atoms with Crippen LogP contribution in [0.1, 0.15) is 39.8 Å². The number of hydrogen-bond acceptors (Lipinski definition) is 4. The number of aromatic nitrogens is 2. The van der Waals surface area contributed by atoms with E-state index in [2.05, 4.69) is 4.98 Å². The molecule has 2 heterocycles. The quantitative estimate of drug-likeness (QED) is 0.557. The number of aryl methyl sites for hydroxylation is 1. The molecule has 1 amide bonds. The average Bonchev–Trinajstić information content (AvgIpc) is 3.26. The summed E-state index contributed by atoms with van der Waals surface area (Å²) in [5.74, 6) is -0.417. The molecule has 1 aromatic heterocycles. The Labute approximate surface area is 177 Å². The summed E-state index contributed by atoms with van der Waals surface area (Å²) in [4.78, 5) is 31.2. The maximum Gasteiger partial charge on any atom is 0.339 e. The van der Waals surface area contributed by atoms with Crippen LogP contribution in [0.2, 0.25) is 5.02 Å². The number of imidazole rings is 1. The third-order valence-electron chi connectivity index (χ3n) is 5.12. The van der Waals surface area contributed by atoms with Crippen molar-refractivity contribution in [2.75, 3.05) is 0 Å². The molecule has 1 atom stereocenters. The minimum Gasteiger partial charge on any atom is -0.453 e. The van der Waals surface area contributed by atoms with Gasteiger partial charge in [0.15, 0.2) is 0 Å². The predicted molar refractivity (Wildman–Crippen MR) is 108 cm³/mol. The zero-order valence-electron chi connectivity index (χ0n) is 16.2. The highest BCUT2D eigenvalue weighted by Crippen LogP contribution is 2.33. The van der Waals surface area contributed by atoms with E-state index in [1.165, 1.54) is 12.1 Å². The molecule has 0 radical (unpaired) electrons. The molecule has 4 rings (SSSR count). The summed E-state index contributed by atoms with van der Waals surface area (Å²) >= 11 is 6.18. The minimum atomic E-state index is -0.645. The van der Waals surface area contributed by atoms with Crippen LogP contribution in [0.4, 0.5) is 4.39 Å². The summed E-state index contributed by atoms with van der Waals surface area (Å²) in [7, 11) is 1.84. The van der Waals surface area contributed by atoms with E-state index in [0.29, 0.717) is 22.5 Å². The van der Waals surface area contributed by atoms with E-state index in [4.69, 9.17) is 16.3 Å². The van der Waals surface area contributed by atoms with Gasteiger partial charge in [0.2, 0.25) is 5.91 Å². The van der Waals surface area contributed by atoms with Crippen LogP contribution in [0.3, 0.4) is 0 Å². The Morgan fingerprint density at radius 1 is 1.27 bits per heavy atom. The van der Waals surface area contributed by atoms with Crippen molar-refractivity contribution in [2.24, 2.45) is 7.05 Å². The third kappa shape index (κ3) is 4.07. The molecule has 0 fully saturated rings. The van der Waals surface area contributed by atoms with Gasteiger partial charge in [-0.25, -0.2) is 14.2 Å². The molecule has 2 aromatic carbocycles. The van der Waals surface area contributed by atoms with Crippen molar-refractivity contribution in [1.82, 2.24) is 14.5 Å². The largest absolute Gasteiger partial charge is 0.453 e. The van der Waals surface area contributed by atoms with Crippen molar-refractivity contribution in [3.05, 3.63) is 88.2 Å². The number of halogens is 2. The fraction of sp³-hybridized carbons (Fsp3) is 0.227. The minimum absolute atomic E-state index is 0.00795. The van der Waals surface area contributed by atoms with Gasteiger partial charge in [0.25, 0.3) is 0 Å². The molecule has 3 aromatic rings. The highest BCUT2D eigenvalue weighted by atomic mass is 35.5. The van der Waals surface area contributed by atoms with Gasteiger partial charge in [-0.05, 0) is 23.8 Å². The maximum absolute atomic E-state index is 13.4. The van der Waals surface area contributed by atoms with Gasteiger partial charge in [-0.15, -0.1) is 0 Å². The van der Waals surface area contributed by atoms with E-state index >= 15 is 0 Å². The fourth-order valence-corrected chi connectivity index (χ4v) is 3.69. The number of carbonyl (C=O) groups is 2. The zero-order valence-corrected chi connectivity index (χ0v) is 17.0. The topological polar surface area (TPSA) is 64.4 Å². The van der Waals surface area contributed by atoms with Gasteiger partial charge in [-0.3, -0.25) is 4.79 Å². The van der Waals surface area contributed by atoms with Crippen LogP contribution in [0, 0.1) is 5.82 Å². The summed E-state index contributed by atoms with van der Waals surface area (Å²) in [5, 5.41) is 0.241. The van der Waals surface area contributed by atoms with Crippen molar-refractivity contribution < 1.29 is 18.7 Å². The van der Waals surface area contributed by atoms with Crippen molar-refractivity contribution in [1.29, 1.82) is 0 Å². The fourth-order valence-electron chi connectivity index (χ4n) is 3.47. The first-order chi connectivity index (χ1) is 14.4. The van der Waals surface area contributed by atoms with E-state index in [1.807, 2.05) is 17.7 Å². The number of rotatable bonds is 6. The number of ether oxygens (including phenoxy) is 1. The second-order valence-electron chi connectivity index (χ2n) is 7.13. The number of benzene rings is 2. The molecular formula is C22H19ClFN3O3. The summed E-state index contributed by atoms with van der Waals surface area (Å²) in [6.45, 7) is 0.408. The SMILES string of the molecule is Cn1ccnc1CN(Cc1ccc(F)cc1Cl)C(=O)CC1OC(=O)c2ccccc21. The lowest BCUT2D eigenvalue weighted by Gasteiger charge is -2.24. The molecule has 8 heteroatoms. The Balaban J connectivity index is 1.58. The second kappa shape index (κ2) is 8.28. The zero-order chi connectivity index (χ0) is 21.3. The summed E-state index contributed by atoms with van der Waals surface area (Å²) in [6, 6.07) is 11.1. The number of esters is 1. The monoisotopic (exact) mass is 427 g/mol. The lowest BCUT2D eigenvalue weighted by molar-refractivity contribution is -0.134. The number of hydrogen-bond donors (Lipinski definition) is 0. The van der Waals surface area contributed by atoms with Crippen LogP contribution in [0.5, 0.6) is 0 Å². The van der Waals surface area contributed by atoms with Gasteiger partial charge < -0.3 is 14.2 Å². The first-order valence-electron chi connectivity index (χ1n) is 9.40. The molecule has 0 saturated heterocycles. The summed E-state index contributed by atoms with van der Waals surface area (Å²) < 4.78 is 20.7. The lowest BCUT2D eigenvalue weighted by Crippen LogP contribution is -2.32. The number of cyclic esters (lactones) is 1. The van der Waals surface area contributed by atoms with Crippen molar-refractivity contribution >= 4 is 23.5 Å². The summed E-state index contributed by atoms with van der Waals surface area (Å²) in [6.07, 6.45) is 2.79. The smallest absolute Gasteiger partial charge is 0.339 e. The molecule has 1 unspecified atom stereocenters. The Morgan fingerprint density at radius 3 is 2.80 bits per heavy atom.